The van der Waals surface area contributed by atoms with Gasteiger partial charge in [0, 0.05) is 43.0 Å². The van der Waals surface area contributed by atoms with Crippen LogP contribution in [0.4, 0.5) is 15.8 Å². The van der Waals surface area contributed by atoms with Gasteiger partial charge in [-0.2, -0.15) is 0 Å². The first-order valence-corrected chi connectivity index (χ1v) is 9.94. The number of hydrogen-bond acceptors (Lipinski definition) is 4. The molecule has 0 saturated carbocycles. The lowest BCUT2D eigenvalue weighted by molar-refractivity contribution is -0.122. The highest BCUT2D eigenvalue weighted by Gasteiger charge is 2.35. The summed E-state index contributed by atoms with van der Waals surface area (Å²) in [6, 6.07) is 13.5. The van der Waals surface area contributed by atoms with E-state index in [1.54, 1.807) is 17.2 Å². The number of para-hydroxylation sites is 1. The van der Waals surface area contributed by atoms with Crippen molar-refractivity contribution in [1.82, 2.24) is 9.55 Å². The number of imidazole rings is 1. The van der Waals surface area contributed by atoms with Gasteiger partial charge in [-0.25, -0.2) is 9.37 Å². The van der Waals surface area contributed by atoms with Crippen molar-refractivity contribution in [3.05, 3.63) is 66.7 Å². The minimum Gasteiger partial charge on any atom is -0.329 e. The Morgan fingerprint density at radius 2 is 2.03 bits per heavy atom. The molecule has 1 unspecified atom stereocenters. The average Bonchev–Trinajstić information content (AvgIpc) is 3.30. The van der Waals surface area contributed by atoms with E-state index in [0.717, 1.165) is 10.8 Å². The maximum Gasteiger partial charge on any atom is 0.229 e. The van der Waals surface area contributed by atoms with Crippen LogP contribution in [0.1, 0.15) is 6.42 Å². The largest absolute Gasteiger partial charge is 0.329 e. The lowest BCUT2D eigenvalue weighted by Gasteiger charge is -2.17. The van der Waals surface area contributed by atoms with E-state index >= 15 is 0 Å². The van der Waals surface area contributed by atoms with E-state index in [2.05, 4.69) is 10.3 Å². The highest BCUT2D eigenvalue weighted by Crippen LogP contribution is 2.34. The van der Waals surface area contributed by atoms with E-state index in [1.165, 1.54) is 23.9 Å². The molecule has 1 atom stereocenters. The van der Waals surface area contributed by atoms with E-state index in [1.807, 2.05) is 48.1 Å². The minimum atomic E-state index is -0.503. The Hall–Kier alpha value is -3.13. The number of rotatable bonds is 5. The van der Waals surface area contributed by atoms with Gasteiger partial charge in [0.05, 0.1) is 11.6 Å². The molecule has 6 nitrogen and oxygen atoms in total. The third-order valence-corrected chi connectivity index (χ3v) is 5.89. The quantitative estimate of drug-likeness (QED) is 0.697. The van der Waals surface area contributed by atoms with Crippen molar-refractivity contribution in [2.75, 3.05) is 16.8 Å². The molecule has 0 spiro atoms. The predicted octanol–water partition coefficient (Wildman–Crippen LogP) is 3.70. The molecule has 1 saturated heterocycles. The third kappa shape index (κ3) is 4.17. The number of carbonyl (C=O) groups excluding carboxylic acids is 2. The van der Waals surface area contributed by atoms with Crippen LogP contribution in [0.5, 0.6) is 0 Å². The highest BCUT2D eigenvalue weighted by molar-refractivity contribution is 7.99. The maximum atomic E-state index is 13.8. The topological polar surface area (TPSA) is 67.2 Å². The van der Waals surface area contributed by atoms with Crippen LogP contribution in [0.25, 0.3) is 0 Å². The van der Waals surface area contributed by atoms with Gasteiger partial charge < -0.3 is 14.8 Å². The minimum absolute atomic E-state index is 0.0989. The molecule has 0 aliphatic carbocycles. The summed E-state index contributed by atoms with van der Waals surface area (Å²) in [4.78, 5) is 31.8. The van der Waals surface area contributed by atoms with Crippen molar-refractivity contribution < 1.29 is 14.0 Å². The van der Waals surface area contributed by atoms with Crippen molar-refractivity contribution in [1.29, 1.82) is 0 Å². The zero-order valence-corrected chi connectivity index (χ0v) is 16.5. The molecule has 2 aromatic carbocycles. The number of carbonyl (C=O) groups is 2. The molecule has 3 aromatic rings. The first-order valence-electron chi connectivity index (χ1n) is 9.12. The maximum absolute atomic E-state index is 13.8. The summed E-state index contributed by atoms with van der Waals surface area (Å²) in [6.07, 6.45) is 3.61. The van der Waals surface area contributed by atoms with Crippen LogP contribution in [0.3, 0.4) is 0 Å². The first-order chi connectivity index (χ1) is 14.0. The van der Waals surface area contributed by atoms with Gasteiger partial charge in [0.25, 0.3) is 0 Å². The number of nitrogens with zero attached hydrogens (tertiary/aromatic N) is 3. The number of aryl methyl sites for hydroxylation is 1. The van der Waals surface area contributed by atoms with Crippen molar-refractivity contribution in [2.45, 2.75) is 16.5 Å². The molecule has 4 rings (SSSR count). The van der Waals surface area contributed by atoms with E-state index in [4.69, 9.17) is 0 Å². The van der Waals surface area contributed by atoms with E-state index in [-0.39, 0.29) is 18.2 Å². The van der Waals surface area contributed by atoms with Crippen LogP contribution in [-0.4, -0.2) is 27.9 Å². The second-order valence-electron chi connectivity index (χ2n) is 6.79. The number of halogens is 1. The van der Waals surface area contributed by atoms with Crippen LogP contribution in [0, 0.1) is 11.7 Å². The molecule has 8 heteroatoms. The number of aromatic nitrogens is 2. The molecule has 1 aromatic heterocycles. The summed E-state index contributed by atoms with van der Waals surface area (Å²) in [5, 5.41) is 3.52. The Bertz CT molecular complexity index is 1050. The number of benzene rings is 2. The number of hydrogen-bond donors (Lipinski definition) is 1. The van der Waals surface area contributed by atoms with Crippen LogP contribution in [-0.2, 0) is 16.6 Å². The number of anilines is 2. The molecule has 1 aliphatic heterocycles. The van der Waals surface area contributed by atoms with Gasteiger partial charge in [-0.3, -0.25) is 9.59 Å². The molecule has 148 valence electrons. The van der Waals surface area contributed by atoms with Crippen LogP contribution in [0.15, 0.2) is 71.0 Å². The zero-order chi connectivity index (χ0) is 20.4. The lowest BCUT2D eigenvalue weighted by Crippen LogP contribution is -2.28. The van der Waals surface area contributed by atoms with Gasteiger partial charge in [-0.15, -0.1) is 0 Å². The summed E-state index contributed by atoms with van der Waals surface area (Å²) in [6.45, 7) is 0.297. The Morgan fingerprint density at radius 3 is 2.76 bits per heavy atom. The second kappa shape index (κ2) is 8.08. The van der Waals surface area contributed by atoms with Crippen LogP contribution < -0.4 is 10.2 Å². The Labute approximate surface area is 171 Å². The summed E-state index contributed by atoms with van der Waals surface area (Å²) in [5.41, 5.74) is 1.14. The van der Waals surface area contributed by atoms with E-state index in [9.17, 15) is 14.0 Å². The van der Waals surface area contributed by atoms with Gasteiger partial charge in [0.2, 0.25) is 11.8 Å². The van der Waals surface area contributed by atoms with Gasteiger partial charge in [-0.1, -0.05) is 18.2 Å². The smallest absolute Gasteiger partial charge is 0.229 e. The highest BCUT2D eigenvalue weighted by atomic mass is 32.2. The molecule has 0 bridgehead atoms. The van der Waals surface area contributed by atoms with E-state index in [0.29, 0.717) is 17.1 Å². The van der Waals surface area contributed by atoms with Crippen molar-refractivity contribution in [2.24, 2.45) is 13.0 Å². The zero-order valence-electron chi connectivity index (χ0n) is 15.7. The van der Waals surface area contributed by atoms with Crippen molar-refractivity contribution in [3.8, 4) is 0 Å². The fraction of sp³-hybridized carbons (Fsp3) is 0.190. The van der Waals surface area contributed by atoms with Gasteiger partial charge in [0.1, 0.15) is 5.82 Å². The number of amides is 2. The van der Waals surface area contributed by atoms with Crippen molar-refractivity contribution in [3.63, 3.8) is 0 Å². The van der Waals surface area contributed by atoms with Gasteiger partial charge >= 0.3 is 0 Å². The summed E-state index contributed by atoms with van der Waals surface area (Å²) < 4.78 is 15.7. The fourth-order valence-corrected chi connectivity index (χ4v) is 4.08. The molecular formula is C21H19FN4O2S. The summed E-state index contributed by atoms with van der Waals surface area (Å²) in [5.74, 6) is -1.35. The molecule has 1 fully saturated rings. The second-order valence-corrected chi connectivity index (χ2v) is 7.80. The fourth-order valence-electron chi connectivity index (χ4n) is 3.21. The standard InChI is InChI=1S/C21H19FN4O2S/c1-25-10-9-23-21(25)29-18-8-7-15(22)12-17(18)24-20(28)14-11-19(27)26(13-14)16-5-3-2-4-6-16/h2-10,12,14H,11,13H2,1H3,(H,24,28). The molecule has 2 amide bonds. The monoisotopic (exact) mass is 410 g/mol. The summed E-state index contributed by atoms with van der Waals surface area (Å²) >= 11 is 1.33. The molecule has 1 aliphatic rings. The third-order valence-electron chi connectivity index (χ3n) is 4.74. The van der Waals surface area contributed by atoms with Crippen LogP contribution in [0.2, 0.25) is 0 Å². The average molecular weight is 410 g/mol. The van der Waals surface area contributed by atoms with Gasteiger partial charge in [0.15, 0.2) is 5.16 Å². The van der Waals surface area contributed by atoms with Crippen LogP contribution >= 0.6 is 11.8 Å². The van der Waals surface area contributed by atoms with Crippen molar-refractivity contribution >= 4 is 35.0 Å². The number of nitrogens with one attached hydrogen (secondary N) is 1. The van der Waals surface area contributed by atoms with E-state index < -0.39 is 11.7 Å². The first kappa shape index (κ1) is 19.2. The molecular weight excluding hydrogens is 391 g/mol. The Morgan fingerprint density at radius 1 is 1.24 bits per heavy atom. The molecule has 0 radical (unpaired) electrons. The lowest BCUT2D eigenvalue weighted by atomic mass is 10.1. The molecule has 29 heavy (non-hydrogen) atoms. The predicted molar refractivity (Wildman–Crippen MR) is 109 cm³/mol. The SMILES string of the molecule is Cn1ccnc1Sc1ccc(F)cc1NC(=O)C1CC(=O)N(c2ccccc2)C1. The Kier molecular flexibility index (Phi) is 5.35. The molecule has 1 N–H and O–H groups in total. The van der Waals surface area contributed by atoms with Gasteiger partial charge in [-0.05, 0) is 42.1 Å². The molecule has 2 heterocycles. The normalized spacial score (nSPS) is 16.3. The summed E-state index contributed by atoms with van der Waals surface area (Å²) in [7, 11) is 1.86. The Balaban J connectivity index is 1.51.